The zero-order valence-corrected chi connectivity index (χ0v) is 16.2. The Labute approximate surface area is 149 Å². The van der Waals surface area contributed by atoms with Crippen LogP contribution in [0.25, 0.3) is 0 Å². The van der Waals surface area contributed by atoms with Gasteiger partial charge in [0.05, 0.1) is 6.54 Å². The van der Waals surface area contributed by atoms with Crippen LogP contribution in [0.5, 0.6) is 0 Å². The second-order valence-corrected chi connectivity index (χ2v) is 7.79. The maximum absolute atomic E-state index is 12.0. The van der Waals surface area contributed by atoms with Crippen molar-refractivity contribution in [2.24, 2.45) is 0 Å². The molecule has 0 atom stereocenters. The number of hydrogen-bond acceptors (Lipinski definition) is 6. The topological polar surface area (TPSA) is 105 Å². The summed E-state index contributed by atoms with van der Waals surface area (Å²) in [6.45, 7) is 11.8. The highest BCUT2D eigenvalue weighted by Gasteiger charge is 2.20. The fourth-order valence-corrected chi connectivity index (χ4v) is 1.91. The van der Waals surface area contributed by atoms with Crippen LogP contribution in [-0.2, 0) is 19.1 Å². The van der Waals surface area contributed by atoms with Crippen LogP contribution in [0.3, 0.4) is 0 Å². The lowest BCUT2D eigenvalue weighted by atomic mass is 10.2. The number of ether oxygens (including phenoxy) is 2. The number of alkyl carbamates (subject to hydrolysis) is 1. The number of amides is 1. The Morgan fingerprint density at radius 2 is 1.52 bits per heavy atom. The Hall–Kier alpha value is -1.83. The lowest BCUT2D eigenvalue weighted by Crippen LogP contribution is -2.41. The number of carbonyl (C=O) groups is 3. The number of carboxylic acids is 1. The molecule has 8 nitrogen and oxygen atoms in total. The van der Waals surface area contributed by atoms with Crippen molar-refractivity contribution in [2.45, 2.75) is 65.6 Å². The number of nitrogens with one attached hydrogen (secondary N) is 1. The second-order valence-electron chi connectivity index (χ2n) is 7.79. The molecular weight excluding hydrogens is 328 g/mol. The summed E-state index contributed by atoms with van der Waals surface area (Å²) in [5.74, 6) is -1.27. The zero-order valence-electron chi connectivity index (χ0n) is 16.2. The van der Waals surface area contributed by atoms with Gasteiger partial charge < -0.3 is 19.9 Å². The van der Waals surface area contributed by atoms with E-state index in [9.17, 15) is 14.4 Å². The smallest absolute Gasteiger partial charge is 0.407 e. The molecule has 0 radical (unpaired) electrons. The minimum absolute atomic E-state index is 0.0182. The molecule has 0 fully saturated rings. The van der Waals surface area contributed by atoms with Crippen LogP contribution < -0.4 is 5.32 Å². The van der Waals surface area contributed by atoms with Gasteiger partial charge in [-0.2, -0.15) is 0 Å². The second kappa shape index (κ2) is 10.2. The number of hydrogen-bond donors (Lipinski definition) is 2. The lowest BCUT2D eigenvalue weighted by molar-refractivity contribution is -0.156. The lowest BCUT2D eigenvalue weighted by Gasteiger charge is -2.25. The maximum atomic E-state index is 12.0. The minimum Gasteiger partial charge on any atom is -0.481 e. The monoisotopic (exact) mass is 360 g/mol. The molecule has 146 valence electrons. The quantitative estimate of drug-likeness (QED) is 0.606. The number of aliphatic carboxylic acids is 1. The molecular formula is C17H32N2O6. The molecule has 0 saturated carbocycles. The predicted octanol–water partition coefficient (Wildman–Crippen LogP) is 2.02. The minimum atomic E-state index is -0.885. The summed E-state index contributed by atoms with van der Waals surface area (Å²) in [6.07, 6.45) is -0.107. The average Bonchev–Trinajstić information content (AvgIpc) is 2.33. The summed E-state index contributed by atoms with van der Waals surface area (Å²) in [4.78, 5) is 36.0. The van der Waals surface area contributed by atoms with Crippen LogP contribution in [-0.4, -0.2) is 65.4 Å². The fourth-order valence-electron chi connectivity index (χ4n) is 1.91. The molecule has 0 aliphatic heterocycles. The standard InChI is InChI=1S/C17H32N2O6/c1-16(2,3)24-14(22)12-19(10-7-8-13(20)21)11-9-18-15(23)25-17(4,5)6/h7-12H2,1-6H3,(H,18,23)(H,20,21). The van der Waals surface area contributed by atoms with Crippen molar-refractivity contribution in [1.29, 1.82) is 0 Å². The Morgan fingerprint density at radius 1 is 0.960 bits per heavy atom. The molecule has 0 saturated heterocycles. The van der Waals surface area contributed by atoms with Crippen LogP contribution in [0, 0.1) is 0 Å². The van der Waals surface area contributed by atoms with E-state index in [2.05, 4.69) is 5.32 Å². The average molecular weight is 360 g/mol. The summed E-state index contributed by atoms with van der Waals surface area (Å²) in [5, 5.41) is 11.4. The first kappa shape index (κ1) is 23.2. The SMILES string of the molecule is CC(C)(C)OC(=O)CN(CCCC(=O)O)CCNC(=O)OC(C)(C)C. The van der Waals surface area contributed by atoms with Gasteiger partial charge in [-0.1, -0.05) is 0 Å². The highest BCUT2D eigenvalue weighted by atomic mass is 16.6. The van der Waals surface area contributed by atoms with E-state index in [1.165, 1.54) is 0 Å². The molecule has 25 heavy (non-hydrogen) atoms. The van der Waals surface area contributed by atoms with Crippen molar-refractivity contribution < 1.29 is 29.0 Å². The van der Waals surface area contributed by atoms with Crippen molar-refractivity contribution in [2.75, 3.05) is 26.2 Å². The molecule has 0 aromatic rings. The van der Waals surface area contributed by atoms with Gasteiger partial charge in [-0.3, -0.25) is 14.5 Å². The first-order chi connectivity index (χ1) is 11.3. The molecule has 0 spiro atoms. The molecule has 0 bridgehead atoms. The Kier molecular flexibility index (Phi) is 9.48. The molecule has 0 unspecified atom stereocenters. The molecule has 8 heteroatoms. The first-order valence-electron chi connectivity index (χ1n) is 8.41. The molecule has 0 aliphatic rings. The van der Waals surface area contributed by atoms with E-state index < -0.39 is 23.3 Å². The van der Waals surface area contributed by atoms with Gasteiger partial charge >= 0.3 is 18.0 Å². The third-order valence-electron chi connectivity index (χ3n) is 2.73. The van der Waals surface area contributed by atoms with Crippen molar-refractivity contribution in [3.63, 3.8) is 0 Å². The highest BCUT2D eigenvalue weighted by molar-refractivity contribution is 5.72. The van der Waals surface area contributed by atoms with Gasteiger partial charge in [0, 0.05) is 19.5 Å². The van der Waals surface area contributed by atoms with Crippen LogP contribution in [0.2, 0.25) is 0 Å². The van der Waals surface area contributed by atoms with E-state index >= 15 is 0 Å². The molecule has 0 rings (SSSR count). The van der Waals surface area contributed by atoms with Gasteiger partial charge in [-0.25, -0.2) is 4.79 Å². The summed E-state index contributed by atoms with van der Waals surface area (Å²) in [7, 11) is 0. The van der Waals surface area contributed by atoms with Crippen LogP contribution in [0.4, 0.5) is 4.79 Å². The van der Waals surface area contributed by atoms with E-state index in [1.807, 2.05) is 0 Å². The molecule has 0 heterocycles. The third kappa shape index (κ3) is 15.4. The molecule has 0 aromatic heterocycles. The van der Waals surface area contributed by atoms with Crippen LogP contribution in [0.1, 0.15) is 54.4 Å². The Balaban J connectivity index is 4.45. The molecule has 2 N–H and O–H groups in total. The number of carboxylic acid groups (broad SMARTS) is 1. The van der Waals surface area contributed by atoms with Crippen LogP contribution in [0.15, 0.2) is 0 Å². The fraction of sp³-hybridized carbons (Fsp3) is 0.824. The Morgan fingerprint density at radius 3 is 2.00 bits per heavy atom. The molecule has 1 amide bonds. The van der Waals surface area contributed by atoms with Crippen LogP contribution >= 0.6 is 0 Å². The van der Waals surface area contributed by atoms with Crippen molar-refractivity contribution >= 4 is 18.0 Å². The predicted molar refractivity (Wildman–Crippen MR) is 93.4 cm³/mol. The van der Waals surface area contributed by atoms with E-state index in [0.29, 0.717) is 19.5 Å². The zero-order chi connectivity index (χ0) is 19.7. The summed E-state index contributed by atoms with van der Waals surface area (Å²) in [6, 6.07) is 0. The van der Waals surface area contributed by atoms with Gasteiger partial charge in [-0.15, -0.1) is 0 Å². The molecule has 0 aliphatic carbocycles. The number of carbonyl (C=O) groups excluding carboxylic acids is 2. The normalized spacial score (nSPS) is 12.0. The summed E-state index contributed by atoms with van der Waals surface area (Å²) < 4.78 is 10.4. The maximum Gasteiger partial charge on any atom is 0.407 e. The van der Waals surface area contributed by atoms with Crippen molar-refractivity contribution in [3.8, 4) is 0 Å². The third-order valence-corrected chi connectivity index (χ3v) is 2.73. The largest absolute Gasteiger partial charge is 0.481 e. The number of esters is 1. The molecule has 0 aromatic carbocycles. The number of rotatable bonds is 9. The van der Waals surface area contributed by atoms with E-state index in [1.54, 1.807) is 46.4 Å². The van der Waals surface area contributed by atoms with E-state index in [4.69, 9.17) is 14.6 Å². The van der Waals surface area contributed by atoms with Gasteiger partial charge in [-0.05, 0) is 54.5 Å². The van der Waals surface area contributed by atoms with Gasteiger partial charge in [0.1, 0.15) is 11.2 Å². The van der Waals surface area contributed by atoms with Gasteiger partial charge in [0.25, 0.3) is 0 Å². The van der Waals surface area contributed by atoms with E-state index in [0.717, 1.165) is 0 Å². The number of nitrogens with zero attached hydrogens (tertiary/aromatic N) is 1. The van der Waals surface area contributed by atoms with Gasteiger partial charge in [0.2, 0.25) is 0 Å². The van der Waals surface area contributed by atoms with E-state index in [-0.39, 0.29) is 25.5 Å². The van der Waals surface area contributed by atoms with Gasteiger partial charge in [0.15, 0.2) is 0 Å². The van der Waals surface area contributed by atoms with Crippen molar-refractivity contribution in [1.82, 2.24) is 10.2 Å². The summed E-state index contributed by atoms with van der Waals surface area (Å²) in [5.41, 5.74) is -1.17. The Bertz CT molecular complexity index is 451. The summed E-state index contributed by atoms with van der Waals surface area (Å²) >= 11 is 0. The first-order valence-corrected chi connectivity index (χ1v) is 8.41. The highest BCUT2D eigenvalue weighted by Crippen LogP contribution is 2.08. The van der Waals surface area contributed by atoms with Crippen molar-refractivity contribution in [3.05, 3.63) is 0 Å².